The van der Waals surface area contributed by atoms with Crippen LogP contribution in [0.25, 0.3) is 11.3 Å². The van der Waals surface area contributed by atoms with E-state index in [1.807, 2.05) is 0 Å². The predicted octanol–water partition coefficient (Wildman–Crippen LogP) is 3.89. The van der Waals surface area contributed by atoms with Crippen molar-refractivity contribution < 1.29 is 22.3 Å². The number of furan rings is 1. The van der Waals surface area contributed by atoms with Crippen molar-refractivity contribution in [3.8, 4) is 17.1 Å². The summed E-state index contributed by atoms with van der Waals surface area (Å²) in [5.74, 6) is 0.749. The van der Waals surface area contributed by atoms with Gasteiger partial charge in [0.2, 0.25) is 0 Å². The van der Waals surface area contributed by atoms with Gasteiger partial charge in [-0.25, -0.2) is 0 Å². The molecule has 0 fully saturated rings. The molecule has 0 spiro atoms. The van der Waals surface area contributed by atoms with Crippen LogP contribution in [-0.2, 0) is 0 Å². The summed E-state index contributed by atoms with van der Waals surface area (Å²) in [4.78, 5) is 0. The molecular formula is C12H9F3O2. The van der Waals surface area contributed by atoms with Crippen LogP contribution >= 0.6 is 0 Å². The van der Waals surface area contributed by atoms with E-state index in [-0.39, 0.29) is 5.75 Å². The van der Waals surface area contributed by atoms with Crippen LogP contribution in [0.4, 0.5) is 13.2 Å². The second kappa shape index (κ2) is 4.53. The normalized spacial score (nSPS) is 11.5. The summed E-state index contributed by atoms with van der Waals surface area (Å²) in [7, 11) is 0. The summed E-state index contributed by atoms with van der Waals surface area (Å²) in [5, 5.41) is 0. The molecule has 0 amide bonds. The minimum atomic E-state index is -4.33. The summed E-state index contributed by atoms with van der Waals surface area (Å²) in [6.45, 7) is -1.30. The molecule has 0 aliphatic carbocycles. The zero-order valence-corrected chi connectivity index (χ0v) is 8.70. The van der Waals surface area contributed by atoms with Crippen molar-refractivity contribution in [2.75, 3.05) is 6.61 Å². The molecule has 0 unspecified atom stereocenters. The molecule has 5 heteroatoms. The van der Waals surface area contributed by atoms with Crippen LogP contribution in [0, 0.1) is 0 Å². The third-order valence-electron chi connectivity index (χ3n) is 2.04. The van der Waals surface area contributed by atoms with Crippen LogP contribution in [0.15, 0.2) is 47.1 Å². The number of alkyl halides is 3. The zero-order chi connectivity index (χ0) is 12.3. The molecular weight excluding hydrogens is 233 g/mol. The second-order valence-electron chi connectivity index (χ2n) is 3.41. The van der Waals surface area contributed by atoms with E-state index in [4.69, 9.17) is 4.42 Å². The number of ether oxygens (including phenoxy) is 1. The lowest BCUT2D eigenvalue weighted by Crippen LogP contribution is -2.19. The fourth-order valence-corrected chi connectivity index (χ4v) is 1.35. The minimum Gasteiger partial charge on any atom is -0.484 e. The molecule has 2 aromatic rings. The molecule has 2 nitrogen and oxygen atoms in total. The van der Waals surface area contributed by atoms with Crippen molar-refractivity contribution in [1.29, 1.82) is 0 Å². The van der Waals surface area contributed by atoms with E-state index in [0.29, 0.717) is 11.3 Å². The maximum Gasteiger partial charge on any atom is 0.422 e. The fraction of sp³-hybridized carbons (Fsp3) is 0.167. The number of halogens is 3. The van der Waals surface area contributed by atoms with Crippen LogP contribution < -0.4 is 4.74 Å². The van der Waals surface area contributed by atoms with Crippen molar-refractivity contribution in [1.82, 2.24) is 0 Å². The summed E-state index contributed by atoms with van der Waals surface area (Å²) >= 11 is 0. The molecule has 0 saturated heterocycles. The molecule has 90 valence electrons. The van der Waals surface area contributed by atoms with Gasteiger partial charge < -0.3 is 9.15 Å². The Hall–Kier alpha value is -1.91. The number of benzene rings is 1. The Balaban J connectivity index is 2.12. The third kappa shape index (κ3) is 3.27. The average molecular weight is 242 g/mol. The van der Waals surface area contributed by atoms with Gasteiger partial charge in [0.25, 0.3) is 0 Å². The van der Waals surface area contributed by atoms with Crippen molar-refractivity contribution in [2.24, 2.45) is 0 Å². The van der Waals surface area contributed by atoms with Gasteiger partial charge in [0.15, 0.2) is 6.61 Å². The molecule has 0 atom stereocenters. The molecule has 1 aromatic heterocycles. The van der Waals surface area contributed by atoms with E-state index in [1.165, 1.54) is 18.4 Å². The van der Waals surface area contributed by atoms with Crippen molar-refractivity contribution >= 4 is 0 Å². The largest absolute Gasteiger partial charge is 0.484 e. The highest BCUT2D eigenvalue weighted by atomic mass is 19.4. The molecule has 0 aliphatic heterocycles. The van der Waals surface area contributed by atoms with Gasteiger partial charge >= 0.3 is 6.18 Å². The van der Waals surface area contributed by atoms with Gasteiger partial charge in [0, 0.05) is 5.56 Å². The highest BCUT2D eigenvalue weighted by Crippen LogP contribution is 2.25. The first-order chi connectivity index (χ1) is 8.04. The Bertz CT molecular complexity index is 475. The summed E-state index contributed by atoms with van der Waals surface area (Å²) < 4.78 is 45.7. The van der Waals surface area contributed by atoms with Gasteiger partial charge in [-0.1, -0.05) is 12.1 Å². The van der Waals surface area contributed by atoms with Crippen LogP contribution in [0.5, 0.6) is 5.75 Å². The molecule has 0 saturated carbocycles. The van der Waals surface area contributed by atoms with Crippen LogP contribution in [0.1, 0.15) is 0 Å². The molecule has 2 rings (SSSR count). The fourth-order valence-electron chi connectivity index (χ4n) is 1.35. The summed E-state index contributed by atoms with van der Waals surface area (Å²) in [6, 6.07) is 9.76. The monoisotopic (exact) mass is 242 g/mol. The molecule has 0 bridgehead atoms. The van der Waals surface area contributed by atoms with E-state index in [0.717, 1.165) is 0 Å². The molecule has 1 heterocycles. The van der Waals surface area contributed by atoms with E-state index >= 15 is 0 Å². The van der Waals surface area contributed by atoms with Gasteiger partial charge in [0.05, 0.1) is 6.26 Å². The van der Waals surface area contributed by atoms with E-state index in [2.05, 4.69) is 4.74 Å². The van der Waals surface area contributed by atoms with Crippen LogP contribution in [0.3, 0.4) is 0 Å². The highest BCUT2D eigenvalue weighted by Gasteiger charge is 2.28. The van der Waals surface area contributed by atoms with E-state index < -0.39 is 12.8 Å². The lowest BCUT2D eigenvalue weighted by Gasteiger charge is -2.09. The van der Waals surface area contributed by atoms with Gasteiger partial charge in [-0.2, -0.15) is 13.2 Å². The first kappa shape index (κ1) is 11.6. The summed E-state index contributed by atoms with van der Waals surface area (Å²) in [5.41, 5.74) is 0.676. The first-order valence-corrected chi connectivity index (χ1v) is 4.88. The van der Waals surface area contributed by atoms with Crippen LogP contribution in [0.2, 0.25) is 0 Å². The minimum absolute atomic E-state index is 0.163. The van der Waals surface area contributed by atoms with E-state index in [9.17, 15) is 13.2 Å². The number of hydrogen-bond acceptors (Lipinski definition) is 2. The Morgan fingerprint density at radius 2 is 1.94 bits per heavy atom. The van der Waals surface area contributed by atoms with E-state index in [1.54, 1.807) is 24.3 Å². The Morgan fingerprint density at radius 1 is 1.12 bits per heavy atom. The Morgan fingerprint density at radius 3 is 2.59 bits per heavy atom. The predicted molar refractivity (Wildman–Crippen MR) is 55.7 cm³/mol. The zero-order valence-electron chi connectivity index (χ0n) is 8.70. The standard InChI is InChI=1S/C12H9F3O2/c13-12(14,15)8-17-10-4-1-3-9(7-10)11-5-2-6-16-11/h1-7H,8H2. The van der Waals surface area contributed by atoms with Gasteiger partial charge in [-0.3, -0.25) is 0 Å². The number of hydrogen-bond donors (Lipinski definition) is 0. The maximum atomic E-state index is 12.0. The van der Waals surface area contributed by atoms with Gasteiger partial charge in [0.1, 0.15) is 11.5 Å². The summed E-state index contributed by atoms with van der Waals surface area (Å²) in [6.07, 6.45) is -2.83. The second-order valence-corrected chi connectivity index (χ2v) is 3.41. The topological polar surface area (TPSA) is 22.4 Å². The number of rotatable bonds is 3. The van der Waals surface area contributed by atoms with Crippen molar-refractivity contribution in [3.63, 3.8) is 0 Å². The molecule has 17 heavy (non-hydrogen) atoms. The molecule has 0 radical (unpaired) electrons. The quantitative estimate of drug-likeness (QED) is 0.814. The smallest absolute Gasteiger partial charge is 0.422 e. The average Bonchev–Trinajstić information content (AvgIpc) is 2.79. The Labute approximate surface area is 95.6 Å². The molecule has 1 aromatic carbocycles. The van der Waals surface area contributed by atoms with Gasteiger partial charge in [-0.05, 0) is 24.3 Å². The van der Waals surface area contributed by atoms with Crippen molar-refractivity contribution in [2.45, 2.75) is 6.18 Å². The highest BCUT2D eigenvalue weighted by molar-refractivity contribution is 5.59. The lowest BCUT2D eigenvalue weighted by atomic mass is 10.2. The van der Waals surface area contributed by atoms with Crippen LogP contribution in [-0.4, -0.2) is 12.8 Å². The van der Waals surface area contributed by atoms with Crippen molar-refractivity contribution in [3.05, 3.63) is 42.7 Å². The first-order valence-electron chi connectivity index (χ1n) is 4.88. The van der Waals surface area contributed by atoms with Gasteiger partial charge in [-0.15, -0.1) is 0 Å². The molecule has 0 aliphatic rings. The maximum absolute atomic E-state index is 12.0. The Kier molecular flexibility index (Phi) is 3.08. The lowest BCUT2D eigenvalue weighted by molar-refractivity contribution is -0.153. The third-order valence-corrected chi connectivity index (χ3v) is 2.04. The SMILES string of the molecule is FC(F)(F)COc1cccc(-c2ccco2)c1. The molecule has 0 N–H and O–H groups in total.